The predicted octanol–water partition coefficient (Wildman–Crippen LogP) is 5.47. The number of thiazole rings is 1. The van der Waals surface area contributed by atoms with Gasteiger partial charge in [0.1, 0.15) is 11.3 Å². The Kier molecular flexibility index (Phi) is 5.06. The van der Waals surface area contributed by atoms with E-state index < -0.39 is 0 Å². The van der Waals surface area contributed by atoms with Gasteiger partial charge in [0, 0.05) is 9.92 Å². The van der Waals surface area contributed by atoms with Crippen LogP contribution in [0.5, 0.6) is 0 Å². The average molecular weight is 387 g/mol. The molecule has 3 aromatic rings. The first-order valence-electron chi connectivity index (χ1n) is 6.45. The summed E-state index contributed by atoms with van der Waals surface area (Å²) in [4.78, 5) is 17.1. The van der Waals surface area contributed by atoms with E-state index in [9.17, 15) is 9.18 Å². The fourth-order valence-electron chi connectivity index (χ4n) is 1.85. The van der Waals surface area contributed by atoms with Gasteiger partial charge >= 0.3 is 0 Å². The van der Waals surface area contributed by atoms with Crippen molar-refractivity contribution in [2.75, 3.05) is 11.1 Å². The monoisotopic (exact) mass is 386 g/mol. The van der Waals surface area contributed by atoms with Gasteiger partial charge in [0.2, 0.25) is 5.91 Å². The van der Waals surface area contributed by atoms with E-state index in [0.717, 1.165) is 9.60 Å². The van der Waals surface area contributed by atoms with E-state index in [0.29, 0.717) is 20.7 Å². The van der Waals surface area contributed by atoms with Gasteiger partial charge in [-0.2, -0.15) is 0 Å². The summed E-state index contributed by atoms with van der Waals surface area (Å²) >= 11 is 14.6. The summed E-state index contributed by atoms with van der Waals surface area (Å²) in [5, 5.41) is 4.17. The van der Waals surface area contributed by atoms with E-state index >= 15 is 0 Å². The van der Waals surface area contributed by atoms with Crippen molar-refractivity contribution in [2.24, 2.45) is 0 Å². The Hall–Kier alpha value is -1.34. The summed E-state index contributed by atoms with van der Waals surface area (Å²) < 4.78 is 13.6. The molecule has 0 unspecified atom stereocenters. The maximum Gasteiger partial charge on any atom is 0.236 e. The quantitative estimate of drug-likeness (QED) is 0.604. The summed E-state index contributed by atoms with van der Waals surface area (Å²) in [5.41, 5.74) is 0.613. The van der Waals surface area contributed by atoms with Crippen LogP contribution in [0.25, 0.3) is 10.2 Å². The van der Waals surface area contributed by atoms with Crippen LogP contribution in [0.4, 0.5) is 9.52 Å². The molecule has 0 saturated heterocycles. The van der Waals surface area contributed by atoms with Crippen LogP contribution in [0.3, 0.4) is 0 Å². The highest BCUT2D eigenvalue weighted by Crippen LogP contribution is 2.33. The van der Waals surface area contributed by atoms with E-state index in [-0.39, 0.29) is 17.5 Å². The molecule has 0 radical (unpaired) electrons. The first-order valence-corrected chi connectivity index (χ1v) is 9.01. The zero-order valence-electron chi connectivity index (χ0n) is 11.5. The third-order valence-electron chi connectivity index (χ3n) is 2.84. The van der Waals surface area contributed by atoms with Crippen molar-refractivity contribution in [1.29, 1.82) is 0 Å². The highest BCUT2D eigenvalue weighted by atomic mass is 35.5. The van der Waals surface area contributed by atoms with Crippen LogP contribution in [0.15, 0.2) is 41.3 Å². The number of nitrogens with one attached hydrogen (secondary N) is 1. The third-order valence-corrected chi connectivity index (χ3v) is 5.28. The van der Waals surface area contributed by atoms with Crippen LogP contribution in [0.2, 0.25) is 10.0 Å². The number of anilines is 1. The largest absolute Gasteiger partial charge is 0.301 e. The molecule has 8 heteroatoms. The molecule has 1 aromatic heterocycles. The second-order valence-corrected chi connectivity index (χ2v) is 7.47. The van der Waals surface area contributed by atoms with Crippen LogP contribution in [-0.2, 0) is 4.79 Å². The van der Waals surface area contributed by atoms with Gasteiger partial charge in [-0.15, -0.1) is 11.8 Å². The van der Waals surface area contributed by atoms with Gasteiger partial charge in [-0.05, 0) is 36.4 Å². The molecule has 1 heterocycles. The van der Waals surface area contributed by atoms with Gasteiger partial charge in [-0.1, -0.05) is 34.5 Å². The summed E-state index contributed by atoms with van der Waals surface area (Å²) in [6.45, 7) is 0. The summed E-state index contributed by atoms with van der Waals surface area (Å²) in [5.74, 6) is -0.291. The minimum Gasteiger partial charge on any atom is -0.301 e. The number of fused-ring (bicyclic) bond motifs is 1. The molecule has 0 aliphatic rings. The molecule has 1 N–H and O–H groups in total. The number of benzene rings is 2. The number of carbonyl (C=O) groups is 1. The van der Waals surface area contributed by atoms with Gasteiger partial charge < -0.3 is 5.32 Å². The molecule has 0 aliphatic carbocycles. The Morgan fingerprint density at radius 1 is 1.26 bits per heavy atom. The van der Waals surface area contributed by atoms with E-state index in [1.54, 1.807) is 24.3 Å². The van der Waals surface area contributed by atoms with Crippen molar-refractivity contribution in [3.8, 4) is 0 Å². The fraction of sp³-hybridized carbons (Fsp3) is 0.0667. The summed E-state index contributed by atoms with van der Waals surface area (Å²) in [6.07, 6.45) is 0. The molecule has 118 valence electrons. The van der Waals surface area contributed by atoms with Crippen LogP contribution in [0, 0.1) is 5.82 Å². The normalized spacial score (nSPS) is 10.9. The van der Waals surface area contributed by atoms with Crippen molar-refractivity contribution in [1.82, 2.24) is 4.98 Å². The zero-order valence-corrected chi connectivity index (χ0v) is 14.6. The lowest BCUT2D eigenvalue weighted by Crippen LogP contribution is -2.13. The van der Waals surface area contributed by atoms with Crippen LogP contribution in [-0.4, -0.2) is 16.6 Å². The van der Waals surface area contributed by atoms with Crippen molar-refractivity contribution in [3.05, 3.63) is 52.3 Å². The van der Waals surface area contributed by atoms with Gasteiger partial charge in [-0.25, -0.2) is 9.37 Å². The molecule has 0 fully saturated rings. The van der Waals surface area contributed by atoms with Crippen molar-refractivity contribution in [2.45, 2.75) is 4.90 Å². The molecular formula is C15H9Cl2FN2OS2. The number of aromatic nitrogens is 1. The first-order chi connectivity index (χ1) is 11.0. The number of hydrogen-bond acceptors (Lipinski definition) is 4. The molecule has 0 atom stereocenters. The maximum absolute atomic E-state index is 12.8. The van der Waals surface area contributed by atoms with Gasteiger partial charge in [0.15, 0.2) is 5.13 Å². The van der Waals surface area contributed by atoms with E-state index in [1.807, 2.05) is 0 Å². The number of thioether (sulfide) groups is 1. The summed E-state index contributed by atoms with van der Waals surface area (Å²) in [7, 11) is 0. The Morgan fingerprint density at radius 2 is 2.00 bits per heavy atom. The Morgan fingerprint density at radius 3 is 2.74 bits per heavy atom. The van der Waals surface area contributed by atoms with Gasteiger partial charge in [-0.3, -0.25) is 4.79 Å². The van der Waals surface area contributed by atoms with Crippen molar-refractivity contribution >= 4 is 67.6 Å². The molecule has 2 aromatic carbocycles. The van der Waals surface area contributed by atoms with Crippen LogP contribution < -0.4 is 5.32 Å². The molecule has 23 heavy (non-hydrogen) atoms. The molecular weight excluding hydrogens is 378 g/mol. The Balaban J connectivity index is 1.65. The van der Waals surface area contributed by atoms with E-state index in [2.05, 4.69) is 10.3 Å². The molecule has 0 saturated carbocycles. The predicted molar refractivity (Wildman–Crippen MR) is 95.4 cm³/mol. The van der Waals surface area contributed by atoms with Crippen LogP contribution in [0.1, 0.15) is 0 Å². The highest BCUT2D eigenvalue weighted by molar-refractivity contribution is 8.00. The Labute approximate surface area is 149 Å². The van der Waals surface area contributed by atoms with Gasteiger partial charge in [0.25, 0.3) is 0 Å². The van der Waals surface area contributed by atoms with Crippen LogP contribution >= 0.6 is 46.3 Å². The minimum atomic E-state index is -0.302. The number of nitrogens with zero attached hydrogens (tertiary/aromatic N) is 1. The number of halogens is 3. The topological polar surface area (TPSA) is 42.0 Å². The lowest BCUT2D eigenvalue weighted by molar-refractivity contribution is -0.113. The van der Waals surface area contributed by atoms with Crippen molar-refractivity contribution in [3.63, 3.8) is 0 Å². The lowest BCUT2D eigenvalue weighted by atomic mass is 10.3. The number of rotatable bonds is 4. The standard InChI is InChI=1S/C15H9Cl2FN2OS2/c16-8-5-11(17)14-12(6-8)23-15(20-14)19-13(21)7-22-10-3-1-9(18)2-4-10/h1-6H,7H2,(H,19,20,21). The second-order valence-electron chi connectivity index (χ2n) is 4.54. The molecule has 3 nitrogen and oxygen atoms in total. The average Bonchev–Trinajstić information content (AvgIpc) is 2.89. The van der Waals surface area contributed by atoms with Crippen molar-refractivity contribution < 1.29 is 9.18 Å². The lowest BCUT2D eigenvalue weighted by Gasteiger charge is -2.02. The fourth-order valence-corrected chi connectivity index (χ4v) is 4.15. The number of hydrogen-bond donors (Lipinski definition) is 1. The summed E-state index contributed by atoms with van der Waals surface area (Å²) in [6, 6.07) is 9.35. The molecule has 0 bridgehead atoms. The Bertz CT molecular complexity index is 868. The smallest absolute Gasteiger partial charge is 0.236 e. The van der Waals surface area contributed by atoms with Gasteiger partial charge in [0.05, 0.1) is 15.5 Å². The molecule has 0 aliphatic heterocycles. The third kappa shape index (κ3) is 4.14. The first kappa shape index (κ1) is 16.5. The molecule has 1 amide bonds. The van der Waals surface area contributed by atoms with E-state index in [4.69, 9.17) is 23.2 Å². The molecule has 3 rings (SSSR count). The number of amides is 1. The minimum absolute atomic E-state index is 0.194. The highest BCUT2D eigenvalue weighted by Gasteiger charge is 2.11. The maximum atomic E-state index is 12.8. The zero-order chi connectivity index (χ0) is 16.4. The second kappa shape index (κ2) is 7.05. The number of carbonyl (C=O) groups excluding carboxylic acids is 1. The van der Waals surface area contributed by atoms with E-state index in [1.165, 1.54) is 35.2 Å². The SMILES string of the molecule is O=C(CSc1ccc(F)cc1)Nc1nc2c(Cl)cc(Cl)cc2s1. The molecule has 0 spiro atoms.